The quantitative estimate of drug-likeness (QED) is 0.777. The first-order valence-electron chi connectivity index (χ1n) is 6.94. The fraction of sp³-hybridized carbons (Fsp3) is 0.429. The van der Waals surface area contributed by atoms with Gasteiger partial charge in [-0.15, -0.1) is 0 Å². The summed E-state index contributed by atoms with van der Waals surface area (Å²) in [5.74, 6) is 0.383. The van der Waals surface area contributed by atoms with E-state index in [4.69, 9.17) is 4.74 Å². The second-order valence-corrected chi connectivity index (χ2v) is 5.00. The Bertz CT molecular complexity index is 613. The molecule has 1 saturated heterocycles. The Hall–Kier alpha value is -2.44. The summed E-state index contributed by atoms with van der Waals surface area (Å²) < 4.78 is 6.58. The first-order chi connectivity index (χ1) is 10.3. The number of nitrogens with zero attached hydrogens (tertiary/aromatic N) is 5. The summed E-state index contributed by atoms with van der Waals surface area (Å²) >= 11 is 0. The normalized spacial score (nSPS) is 18.0. The van der Waals surface area contributed by atoms with Gasteiger partial charge in [-0.25, -0.2) is 9.48 Å². The van der Waals surface area contributed by atoms with E-state index in [2.05, 4.69) is 15.5 Å². The molecular formula is C14H17N5O2. The van der Waals surface area contributed by atoms with Gasteiger partial charge in [-0.3, -0.25) is 0 Å². The van der Waals surface area contributed by atoms with Gasteiger partial charge in [0.15, 0.2) is 0 Å². The molecular weight excluding hydrogens is 270 g/mol. The lowest BCUT2D eigenvalue weighted by atomic mass is 10.2. The highest BCUT2D eigenvalue weighted by atomic mass is 16.5. The Morgan fingerprint density at radius 1 is 1.38 bits per heavy atom. The van der Waals surface area contributed by atoms with Crippen molar-refractivity contribution in [2.75, 3.05) is 18.6 Å². The minimum atomic E-state index is -0.296. The molecule has 1 aromatic carbocycles. The molecule has 0 aliphatic carbocycles. The number of carbonyl (C=O) groups excluding carboxylic acids is 1. The average Bonchev–Trinajstić information content (AvgIpc) is 3.16. The van der Waals surface area contributed by atoms with Gasteiger partial charge in [0.1, 0.15) is 6.04 Å². The summed E-state index contributed by atoms with van der Waals surface area (Å²) in [5, 5.41) is 11.9. The molecule has 1 aliphatic rings. The average molecular weight is 287 g/mol. The van der Waals surface area contributed by atoms with Gasteiger partial charge >= 0.3 is 5.97 Å². The molecule has 0 amide bonds. The van der Waals surface area contributed by atoms with Crippen LogP contribution in [-0.2, 0) is 16.1 Å². The lowest BCUT2D eigenvalue weighted by Crippen LogP contribution is -2.38. The molecule has 0 N–H and O–H groups in total. The second kappa shape index (κ2) is 5.90. The van der Waals surface area contributed by atoms with Crippen LogP contribution in [-0.4, -0.2) is 45.9 Å². The van der Waals surface area contributed by atoms with Crippen molar-refractivity contribution in [3.8, 4) is 0 Å². The zero-order valence-corrected chi connectivity index (χ0v) is 11.8. The maximum Gasteiger partial charge on any atom is 0.328 e. The van der Waals surface area contributed by atoms with Crippen molar-refractivity contribution in [1.29, 1.82) is 0 Å². The fourth-order valence-electron chi connectivity index (χ4n) is 2.65. The number of methoxy groups -OCH3 is 1. The maximum atomic E-state index is 11.8. The first-order valence-corrected chi connectivity index (χ1v) is 6.94. The van der Waals surface area contributed by atoms with Crippen molar-refractivity contribution in [3.63, 3.8) is 0 Å². The molecule has 7 nitrogen and oxygen atoms in total. The maximum absolute atomic E-state index is 11.8. The van der Waals surface area contributed by atoms with Crippen LogP contribution >= 0.6 is 0 Å². The topological polar surface area (TPSA) is 73.1 Å². The zero-order valence-electron chi connectivity index (χ0n) is 11.8. The summed E-state index contributed by atoms with van der Waals surface area (Å²) in [4.78, 5) is 13.8. The largest absolute Gasteiger partial charge is 0.467 e. The number of ether oxygens (including phenoxy) is 1. The van der Waals surface area contributed by atoms with Crippen molar-refractivity contribution in [2.24, 2.45) is 0 Å². The van der Waals surface area contributed by atoms with Crippen LogP contribution in [0.4, 0.5) is 5.95 Å². The summed E-state index contributed by atoms with van der Waals surface area (Å²) in [7, 11) is 1.41. The van der Waals surface area contributed by atoms with Crippen molar-refractivity contribution in [1.82, 2.24) is 20.2 Å². The standard InChI is InChI=1S/C14H17N5O2/c1-21-13(20)12-8-5-9-18(12)14-15-16-17-19(14)10-11-6-3-2-4-7-11/h2-4,6-7,12H,5,8-10H2,1H3/t12-/m0/s1. The smallest absolute Gasteiger partial charge is 0.328 e. The summed E-state index contributed by atoms with van der Waals surface area (Å²) in [6.45, 7) is 1.34. The summed E-state index contributed by atoms with van der Waals surface area (Å²) in [6, 6.07) is 9.67. The molecule has 0 saturated carbocycles. The molecule has 0 spiro atoms. The molecule has 7 heteroatoms. The van der Waals surface area contributed by atoms with E-state index in [0.717, 1.165) is 24.9 Å². The number of hydrogen-bond acceptors (Lipinski definition) is 6. The van der Waals surface area contributed by atoms with E-state index in [9.17, 15) is 4.79 Å². The SMILES string of the molecule is COC(=O)[C@@H]1CCCN1c1nnnn1Cc1ccccc1. The van der Waals surface area contributed by atoms with Gasteiger partial charge in [0.05, 0.1) is 13.7 Å². The number of aromatic nitrogens is 4. The molecule has 1 fully saturated rings. The Morgan fingerprint density at radius 3 is 2.95 bits per heavy atom. The van der Waals surface area contributed by atoms with Gasteiger partial charge in [0.2, 0.25) is 5.95 Å². The van der Waals surface area contributed by atoms with E-state index in [1.807, 2.05) is 35.2 Å². The molecule has 1 aromatic heterocycles. The third-order valence-corrected chi connectivity index (χ3v) is 3.67. The minimum absolute atomic E-state index is 0.234. The van der Waals surface area contributed by atoms with Gasteiger partial charge in [0.25, 0.3) is 0 Å². The highest BCUT2D eigenvalue weighted by Crippen LogP contribution is 2.24. The van der Waals surface area contributed by atoms with Crippen molar-refractivity contribution < 1.29 is 9.53 Å². The van der Waals surface area contributed by atoms with Gasteiger partial charge in [-0.05, 0) is 28.8 Å². The fourth-order valence-corrected chi connectivity index (χ4v) is 2.65. The van der Waals surface area contributed by atoms with Crippen molar-refractivity contribution >= 4 is 11.9 Å². The predicted octanol–water partition coefficient (Wildman–Crippen LogP) is 0.863. The summed E-state index contributed by atoms with van der Waals surface area (Å²) in [5.41, 5.74) is 1.11. The molecule has 1 atom stereocenters. The van der Waals surface area contributed by atoms with Crippen LogP contribution < -0.4 is 4.90 Å². The monoisotopic (exact) mass is 287 g/mol. The van der Waals surface area contributed by atoms with Crippen molar-refractivity contribution in [2.45, 2.75) is 25.4 Å². The highest BCUT2D eigenvalue weighted by molar-refractivity contribution is 5.79. The second-order valence-electron chi connectivity index (χ2n) is 5.00. The van der Waals surface area contributed by atoms with Crippen LogP contribution in [0.3, 0.4) is 0 Å². The van der Waals surface area contributed by atoms with E-state index in [0.29, 0.717) is 12.5 Å². The predicted molar refractivity (Wildman–Crippen MR) is 75.7 cm³/mol. The molecule has 3 rings (SSSR count). The van der Waals surface area contributed by atoms with E-state index < -0.39 is 0 Å². The molecule has 0 bridgehead atoms. The number of tetrazole rings is 1. The Balaban J connectivity index is 1.83. The van der Waals surface area contributed by atoms with Gasteiger partial charge in [-0.2, -0.15) is 0 Å². The number of benzene rings is 1. The molecule has 1 aliphatic heterocycles. The Kier molecular flexibility index (Phi) is 3.81. The zero-order chi connectivity index (χ0) is 14.7. The third-order valence-electron chi connectivity index (χ3n) is 3.67. The molecule has 21 heavy (non-hydrogen) atoms. The Labute approximate surface area is 122 Å². The molecule has 0 radical (unpaired) electrons. The van der Waals surface area contributed by atoms with Gasteiger partial charge in [-0.1, -0.05) is 35.4 Å². The molecule has 0 unspecified atom stereocenters. The molecule has 110 valence electrons. The Morgan fingerprint density at radius 2 is 2.19 bits per heavy atom. The lowest BCUT2D eigenvalue weighted by Gasteiger charge is -2.22. The highest BCUT2D eigenvalue weighted by Gasteiger charge is 2.34. The molecule has 2 heterocycles. The molecule has 2 aromatic rings. The first kappa shape index (κ1) is 13.5. The summed E-state index contributed by atoms with van der Waals surface area (Å²) in [6.07, 6.45) is 1.70. The number of carbonyl (C=O) groups is 1. The van der Waals surface area contributed by atoms with Gasteiger partial charge < -0.3 is 9.64 Å². The van der Waals surface area contributed by atoms with Crippen LogP contribution in [0, 0.1) is 0 Å². The van der Waals surface area contributed by atoms with E-state index >= 15 is 0 Å². The van der Waals surface area contributed by atoms with Crippen molar-refractivity contribution in [3.05, 3.63) is 35.9 Å². The van der Waals surface area contributed by atoms with Crippen LogP contribution in [0.1, 0.15) is 18.4 Å². The van der Waals surface area contributed by atoms with Crippen LogP contribution in [0.25, 0.3) is 0 Å². The van der Waals surface area contributed by atoms with Gasteiger partial charge in [0, 0.05) is 6.54 Å². The number of hydrogen-bond donors (Lipinski definition) is 0. The van der Waals surface area contributed by atoms with E-state index in [1.54, 1.807) is 4.68 Å². The van der Waals surface area contributed by atoms with E-state index in [-0.39, 0.29) is 12.0 Å². The minimum Gasteiger partial charge on any atom is -0.467 e. The van der Waals surface area contributed by atoms with Crippen LogP contribution in [0.2, 0.25) is 0 Å². The number of esters is 1. The number of anilines is 1. The third kappa shape index (κ3) is 2.72. The van der Waals surface area contributed by atoms with E-state index in [1.165, 1.54) is 7.11 Å². The van der Waals surface area contributed by atoms with Crippen LogP contribution in [0.15, 0.2) is 30.3 Å². The lowest BCUT2D eigenvalue weighted by molar-refractivity contribution is -0.141. The number of rotatable bonds is 4. The van der Waals surface area contributed by atoms with Crippen LogP contribution in [0.5, 0.6) is 0 Å².